The Kier molecular flexibility index (Phi) is 5.48. The monoisotopic (exact) mass is 351 g/mol. The summed E-state index contributed by atoms with van der Waals surface area (Å²) in [6.45, 7) is 2.09. The van der Waals surface area contributed by atoms with E-state index in [1.54, 1.807) is 18.3 Å². The summed E-state index contributed by atoms with van der Waals surface area (Å²) < 4.78 is 23.9. The van der Waals surface area contributed by atoms with E-state index >= 15 is 0 Å². The van der Waals surface area contributed by atoms with Gasteiger partial charge >= 0.3 is 6.01 Å². The van der Waals surface area contributed by atoms with Gasteiger partial charge in [-0.15, -0.1) is 0 Å². The van der Waals surface area contributed by atoms with Gasteiger partial charge in [-0.05, 0) is 30.5 Å². The van der Waals surface area contributed by atoms with Crippen molar-refractivity contribution in [3.8, 4) is 6.01 Å². The maximum absolute atomic E-state index is 12.9. The molecule has 0 bridgehead atoms. The lowest BCUT2D eigenvalue weighted by Gasteiger charge is -2.33. The second-order valence-electron chi connectivity index (χ2n) is 5.65. The van der Waals surface area contributed by atoms with Gasteiger partial charge < -0.3 is 14.4 Å². The molecule has 2 heterocycles. The molecule has 0 radical (unpaired) electrons. The van der Waals surface area contributed by atoms with Crippen molar-refractivity contribution in [3.63, 3.8) is 0 Å². The number of ether oxygens (including phenoxy) is 2. The molecule has 1 aliphatic heterocycles. The predicted molar refractivity (Wildman–Crippen MR) is 90.0 cm³/mol. The molecule has 1 fully saturated rings. The van der Waals surface area contributed by atoms with Crippen LogP contribution >= 0.6 is 11.6 Å². The molecule has 0 unspecified atom stereocenters. The van der Waals surface area contributed by atoms with E-state index in [0.717, 1.165) is 31.5 Å². The van der Waals surface area contributed by atoms with Crippen molar-refractivity contribution in [2.45, 2.75) is 25.6 Å². The molecule has 0 spiro atoms. The maximum atomic E-state index is 12.9. The van der Waals surface area contributed by atoms with Crippen LogP contribution in [-0.2, 0) is 11.3 Å². The van der Waals surface area contributed by atoms with E-state index in [2.05, 4.69) is 14.9 Å². The first-order chi connectivity index (χ1) is 11.7. The molecule has 0 aliphatic carbocycles. The van der Waals surface area contributed by atoms with Crippen LogP contribution in [0.1, 0.15) is 18.4 Å². The van der Waals surface area contributed by atoms with Crippen LogP contribution in [0.2, 0.25) is 5.02 Å². The Morgan fingerprint density at radius 1 is 1.25 bits per heavy atom. The summed E-state index contributed by atoms with van der Waals surface area (Å²) in [6.07, 6.45) is 3.49. The molecule has 3 rings (SSSR count). The summed E-state index contributed by atoms with van der Waals surface area (Å²) in [5.74, 6) is 0.463. The zero-order chi connectivity index (χ0) is 16.9. The van der Waals surface area contributed by atoms with Crippen LogP contribution in [0.25, 0.3) is 0 Å². The minimum Gasteiger partial charge on any atom is -0.467 e. The third-order valence-corrected chi connectivity index (χ3v) is 4.29. The number of rotatable bonds is 5. The normalized spacial score (nSPS) is 15.5. The molecule has 1 aromatic heterocycles. The van der Waals surface area contributed by atoms with Crippen molar-refractivity contribution in [2.75, 3.05) is 25.1 Å². The van der Waals surface area contributed by atoms with Crippen LogP contribution in [0, 0.1) is 5.82 Å². The van der Waals surface area contributed by atoms with Crippen LogP contribution in [0.5, 0.6) is 6.01 Å². The van der Waals surface area contributed by atoms with Crippen molar-refractivity contribution in [3.05, 3.63) is 46.9 Å². The summed E-state index contributed by atoms with van der Waals surface area (Å²) >= 11 is 6.19. The van der Waals surface area contributed by atoms with Crippen molar-refractivity contribution in [1.29, 1.82) is 0 Å². The molecule has 1 saturated heterocycles. The van der Waals surface area contributed by atoms with Gasteiger partial charge in [0.25, 0.3) is 0 Å². The highest BCUT2D eigenvalue weighted by atomic mass is 35.5. The van der Waals surface area contributed by atoms with Crippen molar-refractivity contribution >= 4 is 17.4 Å². The second-order valence-corrected chi connectivity index (χ2v) is 6.06. The smallest absolute Gasteiger partial charge is 0.318 e. The molecule has 1 aromatic carbocycles. The van der Waals surface area contributed by atoms with Gasteiger partial charge in [-0.2, -0.15) is 4.98 Å². The average Bonchev–Trinajstić information content (AvgIpc) is 2.62. The molecule has 0 saturated carbocycles. The molecule has 2 aromatic rings. The van der Waals surface area contributed by atoms with E-state index in [1.807, 2.05) is 0 Å². The highest BCUT2D eigenvalue weighted by molar-refractivity contribution is 6.32. The maximum Gasteiger partial charge on any atom is 0.318 e. The highest BCUT2D eigenvalue weighted by Gasteiger charge is 2.23. The standard InChI is InChI=1S/C17H19ClFN3O2/c1-23-17-20-10-15(18)16(21-17)22-8-6-14(7-9-22)24-11-12-2-4-13(19)5-3-12/h2-5,10,14H,6-9,11H2,1H3. The number of anilines is 1. The van der Waals surface area contributed by atoms with Gasteiger partial charge in [-0.1, -0.05) is 23.7 Å². The van der Waals surface area contributed by atoms with Gasteiger partial charge in [-0.3, -0.25) is 0 Å². The van der Waals surface area contributed by atoms with Crippen molar-refractivity contribution in [2.24, 2.45) is 0 Å². The fourth-order valence-electron chi connectivity index (χ4n) is 2.69. The van der Waals surface area contributed by atoms with Gasteiger partial charge in [-0.25, -0.2) is 9.37 Å². The Bertz CT molecular complexity index is 676. The largest absolute Gasteiger partial charge is 0.467 e. The molecule has 0 N–H and O–H groups in total. The first-order valence-electron chi connectivity index (χ1n) is 7.83. The fourth-order valence-corrected chi connectivity index (χ4v) is 2.90. The molecular weight excluding hydrogens is 333 g/mol. The minimum atomic E-state index is -0.232. The second kappa shape index (κ2) is 7.77. The number of benzene rings is 1. The van der Waals surface area contributed by atoms with Crippen LogP contribution in [0.15, 0.2) is 30.5 Å². The molecule has 7 heteroatoms. The fraction of sp³-hybridized carbons (Fsp3) is 0.412. The van der Waals surface area contributed by atoms with E-state index in [1.165, 1.54) is 19.2 Å². The van der Waals surface area contributed by atoms with Gasteiger partial charge in [0.05, 0.1) is 26.0 Å². The van der Waals surface area contributed by atoms with E-state index in [9.17, 15) is 4.39 Å². The highest BCUT2D eigenvalue weighted by Crippen LogP contribution is 2.28. The number of hydrogen-bond donors (Lipinski definition) is 0. The quantitative estimate of drug-likeness (QED) is 0.825. The Balaban J connectivity index is 1.53. The molecule has 24 heavy (non-hydrogen) atoms. The number of methoxy groups -OCH3 is 1. The topological polar surface area (TPSA) is 47.5 Å². The summed E-state index contributed by atoms with van der Waals surface area (Å²) in [4.78, 5) is 10.4. The van der Waals surface area contributed by atoms with Gasteiger partial charge in [0.15, 0.2) is 5.82 Å². The zero-order valence-corrected chi connectivity index (χ0v) is 14.2. The number of halogens is 2. The van der Waals surface area contributed by atoms with Crippen LogP contribution < -0.4 is 9.64 Å². The van der Waals surface area contributed by atoms with Crippen LogP contribution in [0.3, 0.4) is 0 Å². The Morgan fingerprint density at radius 3 is 2.62 bits per heavy atom. The number of piperidine rings is 1. The van der Waals surface area contributed by atoms with Gasteiger partial charge in [0.1, 0.15) is 10.8 Å². The Morgan fingerprint density at radius 2 is 1.96 bits per heavy atom. The first kappa shape index (κ1) is 16.9. The van der Waals surface area contributed by atoms with Gasteiger partial charge in [0, 0.05) is 13.1 Å². The summed E-state index contributed by atoms with van der Waals surface area (Å²) in [5, 5.41) is 0.515. The third kappa shape index (κ3) is 4.13. The average molecular weight is 352 g/mol. The lowest BCUT2D eigenvalue weighted by molar-refractivity contribution is 0.0250. The van der Waals surface area contributed by atoms with Crippen molar-refractivity contribution < 1.29 is 13.9 Å². The lowest BCUT2D eigenvalue weighted by atomic mass is 10.1. The summed E-state index contributed by atoms with van der Waals surface area (Å²) in [7, 11) is 1.53. The molecule has 0 atom stereocenters. The Labute approximate surface area is 145 Å². The SMILES string of the molecule is COc1ncc(Cl)c(N2CCC(OCc3ccc(F)cc3)CC2)n1. The summed E-state index contributed by atoms with van der Waals surface area (Å²) in [5.41, 5.74) is 0.974. The number of nitrogens with zero attached hydrogens (tertiary/aromatic N) is 3. The van der Waals surface area contributed by atoms with E-state index in [-0.39, 0.29) is 11.9 Å². The Hall–Kier alpha value is -1.92. The molecule has 1 aliphatic rings. The van der Waals surface area contributed by atoms with E-state index in [0.29, 0.717) is 23.5 Å². The molecular formula is C17H19ClFN3O2. The molecule has 128 valence electrons. The summed E-state index contributed by atoms with van der Waals surface area (Å²) in [6, 6.07) is 6.70. The van der Waals surface area contributed by atoms with Crippen LogP contribution in [0.4, 0.5) is 10.2 Å². The van der Waals surface area contributed by atoms with E-state index < -0.39 is 0 Å². The van der Waals surface area contributed by atoms with Crippen LogP contribution in [-0.4, -0.2) is 36.3 Å². The number of aromatic nitrogens is 2. The minimum absolute atomic E-state index is 0.175. The lowest BCUT2D eigenvalue weighted by Crippen LogP contribution is -2.37. The first-order valence-corrected chi connectivity index (χ1v) is 8.21. The molecule has 5 nitrogen and oxygen atoms in total. The third-order valence-electron chi connectivity index (χ3n) is 4.03. The van der Waals surface area contributed by atoms with Gasteiger partial charge in [0.2, 0.25) is 0 Å². The van der Waals surface area contributed by atoms with Crippen molar-refractivity contribution in [1.82, 2.24) is 9.97 Å². The molecule has 0 amide bonds. The number of hydrogen-bond acceptors (Lipinski definition) is 5. The predicted octanol–water partition coefficient (Wildman–Crippen LogP) is 3.46. The zero-order valence-electron chi connectivity index (χ0n) is 13.4. The van der Waals surface area contributed by atoms with E-state index in [4.69, 9.17) is 21.1 Å².